The van der Waals surface area contributed by atoms with Crippen LogP contribution in [0.15, 0.2) is 56.0 Å². The highest BCUT2D eigenvalue weighted by Crippen LogP contribution is 2.35. The van der Waals surface area contributed by atoms with Crippen molar-refractivity contribution >= 4 is 37.6 Å². The van der Waals surface area contributed by atoms with Crippen molar-refractivity contribution in [2.45, 2.75) is 30.2 Å². The largest absolute Gasteiger partial charge is 0.420 e. The van der Waals surface area contributed by atoms with E-state index >= 15 is 0 Å². The number of nitrogens with one attached hydrogen (secondary N) is 1. The summed E-state index contributed by atoms with van der Waals surface area (Å²) in [5, 5.41) is 1.65. The highest BCUT2D eigenvalue weighted by molar-refractivity contribution is 7.93. The highest BCUT2D eigenvalue weighted by Gasteiger charge is 2.29. The molecule has 0 radical (unpaired) electrons. The molecule has 160 valence electrons. The van der Waals surface area contributed by atoms with Crippen LogP contribution in [0.25, 0.3) is 11.1 Å². The van der Waals surface area contributed by atoms with Crippen molar-refractivity contribution in [3.63, 3.8) is 0 Å². The third-order valence-electron chi connectivity index (χ3n) is 5.31. The molecule has 1 aliphatic rings. The van der Waals surface area contributed by atoms with Crippen LogP contribution in [0, 0.1) is 11.6 Å². The summed E-state index contributed by atoms with van der Waals surface area (Å²) >= 11 is 1.04. The van der Waals surface area contributed by atoms with Gasteiger partial charge in [-0.25, -0.2) is 27.0 Å². The Balaban J connectivity index is 1.64. The standard InChI is InChI=1S/C20H15F2N3O4S2/c21-12-5-4-11-2-1-3-15(13(11)8-12)25-16-9-14(22)18(10-17(16)29-20(25)26)31(27,28)24-19-23-6-7-30-19/h4-10,15H,1-3H2,(H,23,24). The summed E-state index contributed by atoms with van der Waals surface area (Å²) in [7, 11) is -4.29. The maximum atomic E-state index is 14.9. The summed E-state index contributed by atoms with van der Waals surface area (Å²) in [6.45, 7) is 0. The molecule has 11 heteroatoms. The van der Waals surface area contributed by atoms with Crippen molar-refractivity contribution in [2.75, 3.05) is 4.72 Å². The molecule has 1 N–H and O–H groups in total. The van der Waals surface area contributed by atoms with Gasteiger partial charge in [-0.15, -0.1) is 11.3 Å². The van der Waals surface area contributed by atoms with Gasteiger partial charge >= 0.3 is 5.76 Å². The molecule has 5 rings (SSSR count). The van der Waals surface area contributed by atoms with E-state index in [9.17, 15) is 22.0 Å². The maximum absolute atomic E-state index is 14.9. The van der Waals surface area contributed by atoms with Gasteiger partial charge in [-0.3, -0.25) is 9.29 Å². The van der Waals surface area contributed by atoms with E-state index in [1.54, 1.807) is 11.4 Å². The third kappa shape index (κ3) is 3.43. The number of aryl methyl sites for hydroxylation is 1. The molecular weight excluding hydrogens is 448 g/mol. The van der Waals surface area contributed by atoms with Crippen LogP contribution in [0.3, 0.4) is 0 Å². The molecule has 0 saturated heterocycles. The van der Waals surface area contributed by atoms with E-state index in [0.717, 1.165) is 41.9 Å². The number of aromatic nitrogens is 2. The second-order valence-corrected chi connectivity index (χ2v) is 9.73. The number of benzene rings is 2. The molecule has 1 atom stereocenters. The van der Waals surface area contributed by atoms with E-state index in [2.05, 4.69) is 9.71 Å². The highest BCUT2D eigenvalue weighted by atomic mass is 32.2. The first-order valence-electron chi connectivity index (χ1n) is 9.39. The number of hydrogen-bond acceptors (Lipinski definition) is 6. The number of hydrogen-bond donors (Lipinski definition) is 1. The van der Waals surface area contributed by atoms with Crippen molar-refractivity contribution in [3.05, 3.63) is 75.2 Å². The minimum absolute atomic E-state index is 0.0746. The van der Waals surface area contributed by atoms with Gasteiger partial charge in [-0.1, -0.05) is 6.07 Å². The topological polar surface area (TPSA) is 94.2 Å². The predicted molar refractivity (Wildman–Crippen MR) is 111 cm³/mol. The first-order chi connectivity index (χ1) is 14.8. The molecule has 31 heavy (non-hydrogen) atoms. The summed E-state index contributed by atoms with van der Waals surface area (Å²) in [5.74, 6) is -2.24. The maximum Gasteiger partial charge on any atom is 0.420 e. The number of halogens is 2. The Morgan fingerprint density at radius 3 is 2.84 bits per heavy atom. The van der Waals surface area contributed by atoms with Crippen molar-refractivity contribution < 1.29 is 21.6 Å². The molecule has 0 saturated carbocycles. The second-order valence-electron chi connectivity index (χ2n) is 7.18. The van der Waals surface area contributed by atoms with Crippen LogP contribution < -0.4 is 10.5 Å². The van der Waals surface area contributed by atoms with E-state index in [0.29, 0.717) is 12.0 Å². The van der Waals surface area contributed by atoms with Gasteiger partial charge in [0.05, 0.1) is 11.6 Å². The quantitative estimate of drug-likeness (QED) is 0.493. The fraction of sp³-hybridized carbons (Fsp3) is 0.200. The van der Waals surface area contributed by atoms with Crippen LogP contribution in [0.4, 0.5) is 13.9 Å². The molecule has 0 bridgehead atoms. The van der Waals surface area contributed by atoms with Crippen molar-refractivity contribution in [3.8, 4) is 0 Å². The normalized spacial score (nSPS) is 16.4. The average Bonchev–Trinajstić information content (AvgIpc) is 3.33. The molecule has 4 aromatic rings. The molecule has 2 heterocycles. The first kappa shape index (κ1) is 19.9. The van der Waals surface area contributed by atoms with Crippen LogP contribution in [-0.2, 0) is 16.4 Å². The molecule has 0 fully saturated rings. The summed E-state index contributed by atoms with van der Waals surface area (Å²) in [6, 6.07) is 5.82. The Morgan fingerprint density at radius 2 is 2.06 bits per heavy atom. The van der Waals surface area contributed by atoms with Gasteiger partial charge in [0.25, 0.3) is 10.0 Å². The summed E-state index contributed by atoms with van der Waals surface area (Å²) < 4.78 is 62.7. The summed E-state index contributed by atoms with van der Waals surface area (Å²) in [5.41, 5.74) is 1.58. The number of anilines is 1. The lowest BCUT2D eigenvalue weighted by molar-refractivity contribution is 0.435. The number of oxazole rings is 1. The fourth-order valence-electron chi connectivity index (χ4n) is 3.99. The average molecular weight is 463 g/mol. The number of thiazole rings is 1. The molecule has 0 spiro atoms. The van der Waals surface area contributed by atoms with Crippen LogP contribution in [0.5, 0.6) is 0 Å². The van der Waals surface area contributed by atoms with Gasteiger partial charge in [0.2, 0.25) is 0 Å². The zero-order valence-corrected chi connectivity index (χ0v) is 17.5. The molecular formula is C20H15F2N3O4S2. The first-order valence-corrected chi connectivity index (χ1v) is 11.7. The summed E-state index contributed by atoms with van der Waals surface area (Å²) in [6.07, 6.45) is 3.45. The van der Waals surface area contributed by atoms with Gasteiger partial charge < -0.3 is 4.42 Å². The zero-order valence-electron chi connectivity index (χ0n) is 15.8. The van der Waals surface area contributed by atoms with Gasteiger partial charge in [-0.05, 0) is 42.5 Å². The third-order valence-corrected chi connectivity index (χ3v) is 7.48. The molecule has 0 amide bonds. The Bertz CT molecular complexity index is 1460. The van der Waals surface area contributed by atoms with E-state index in [-0.39, 0.29) is 16.2 Å². The lowest BCUT2D eigenvalue weighted by Gasteiger charge is -2.26. The van der Waals surface area contributed by atoms with Crippen molar-refractivity contribution in [2.24, 2.45) is 0 Å². The number of fused-ring (bicyclic) bond motifs is 2. The molecule has 1 aliphatic carbocycles. The lowest BCUT2D eigenvalue weighted by Crippen LogP contribution is -2.25. The van der Waals surface area contributed by atoms with Crippen molar-refractivity contribution in [1.29, 1.82) is 0 Å². The Hall–Kier alpha value is -3.05. The van der Waals surface area contributed by atoms with Gasteiger partial charge in [0.1, 0.15) is 16.5 Å². The van der Waals surface area contributed by atoms with Crippen LogP contribution >= 0.6 is 11.3 Å². The minimum Gasteiger partial charge on any atom is -0.408 e. The fourth-order valence-corrected chi connectivity index (χ4v) is 5.86. The van der Waals surface area contributed by atoms with Crippen LogP contribution in [-0.4, -0.2) is 18.0 Å². The Kier molecular flexibility index (Phi) is 4.67. The molecule has 7 nitrogen and oxygen atoms in total. The smallest absolute Gasteiger partial charge is 0.408 e. The minimum atomic E-state index is -4.29. The predicted octanol–water partition coefficient (Wildman–Crippen LogP) is 4.06. The van der Waals surface area contributed by atoms with E-state index in [1.165, 1.54) is 22.9 Å². The van der Waals surface area contributed by atoms with Crippen LogP contribution in [0.1, 0.15) is 30.0 Å². The summed E-state index contributed by atoms with van der Waals surface area (Å²) in [4.78, 5) is 15.8. The zero-order chi connectivity index (χ0) is 21.8. The molecule has 2 aromatic heterocycles. The lowest BCUT2D eigenvalue weighted by atomic mass is 9.87. The van der Waals surface area contributed by atoms with E-state index in [4.69, 9.17) is 4.42 Å². The number of nitrogens with zero attached hydrogens (tertiary/aromatic N) is 2. The van der Waals surface area contributed by atoms with Gasteiger partial charge in [0, 0.05) is 23.7 Å². The second kappa shape index (κ2) is 7.27. The molecule has 2 aromatic carbocycles. The molecule has 0 aliphatic heterocycles. The van der Waals surface area contributed by atoms with Gasteiger partial charge in [0.15, 0.2) is 10.7 Å². The number of rotatable bonds is 4. The monoisotopic (exact) mass is 463 g/mol. The van der Waals surface area contributed by atoms with E-state index in [1.807, 2.05) is 0 Å². The van der Waals surface area contributed by atoms with Crippen molar-refractivity contribution in [1.82, 2.24) is 9.55 Å². The Morgan fingerprint density at radius 1 is 1.23 bits per heavy atom. The number of sulfonamides is 1. The van der Waals surface area contributed by atoms with Gasteiger partial charge in [-0.2, -0.15) is 0 Å². The SMILES string of the molecule is O=c1oc2cc(S(=O)(=O)Nc3nccs3)c(F)cc2n1C1CCCc2ccc(F)cc21. The van der Waals surface area contributed by atoms with Crippen LogP contribution in [0.2, 0.25) is 0 Å². The molecule has 1 unspecified atom stereocenters. The van der Waals surface area contributed by atoms with E-state index < -0.39 is 38.4 Å². The Labute approximate surface area is 179 Å².